The van der Waals surface area contributed by atoms with Gasteiger partial charge >= 0.3 is 0 Å². The van der Waals surface area contributed by atoms with Gasteiger partial charge in [0.25, 0.3) is 0 Å². The van der Waals surface area contributed by atoms with Gasteiger partial charge in [0.05, 0.1) is 4.47 Å². The Labute approximate surface area is 131 Å². The van der Waals surface area contributed by atoms with Crippen LogP contribution >= 0.6 is 39.7 Å². The molecule has 0 spiro atoms. The fraction of sp³-hybridized carbons (Fsp3) is 0.286. The number of hydrogen-bond donors (Lipinski definition) is 1. The first-order valence-electron chi connectivity index (χ1n) is 6.01. The molecule has 0 aliphatic rings. The first-order chi connectivity index (χ1) is 8.99. The van der Waals surface area contributed by atoms with Crippen molar-refractivity contribution in [1.29, 1.82) is 0 Å². The molecule has 0 unspecified atom stereocenters. The Hall–Kier alpha value is -0.710. The molecule has 100 valence electrons. The standard InChI is InChI=1S/C14H14BrClN2S/c1-8(2)13-12(15)14(19)18-11(17-13)7-9-5-3-4-6-10(9)16/h3-6,8H,7H2,1-2H3,(H,17,18,19). The molecule has 0 fully saturated rings. The molecule has 1 aromatic heterocycles. The molecule has 0 aliphatic heterocycles. The zero-order valence-corrected chi connectivity index (χ0v) is 13.9. The van der Waals surface area contributed by atoms with Crippen LogP contribution in [-0.2, 0) is 6.42 Å². The summed E-state index contributed by atoms with van der Waals surface area (Å²) in [6.45, 7) is 4.23. The van der Waals surface area contributed by atoms with E-state index in [0.29, 0.717) is 17.0 Å². The van der Waals surface area contributed by atoms with Gasteiger partial charge in [-0.1, -0.05) is 55.9 Å². The third-order valence-electron chi connectivity index (χ3n) is 2.83. The van der Waals surface area contributed by atoms with Crippen LogP contribution in [0.2, 0.25) is 5.02 Å². The number of hydrogen-bond acceptors (Lipinski definition) is 2. The Kier molecular flexibility index (Phi) is 4.76. The lowest BCUT2D eigenvalue weighted by molar-refractivity contribution is 0.780. The van der Waals surface area contributed by atoms with Crippen LogP contribution in [0.4, 0.5) is 0 Å². The van der Waals surface area contributed by atoms with Crippen molar-refractivity contribution >= 4 is 39.7 Å². The average Bonchev–Trinajstić information content (AvgIpc) is 2.36. The van der Waals surface area contributed by atoms with Crippen molar-refractivity contribution in [2.75, 3.05) is 0 Å². The lowest BCUT2D eigenvalue weighted by Crippen LogP contribution is -2.04. The summed E-state index contributed by atoms with van der Waals surface area (Å²) in [7, 11) is 0. The van der Waals surface area contributed by atoms with Gasteiger partial charge in [-0.05, 0) is 33.5 Å². The van der Waals surface area contributed by atoms with Gasteiger partial charge in [0.2, 0.25) is 0 Å². The molecule has 2 rings (SSSR count). The fourth-order valence-corrected chi connectivity index (χ4v) is 2.90. The highest BCUT2D eigenvalue weighted by molar-refractivity contribution is 9.10. The van der Waals surface area contributed by atoms with E-state index in [1.165, 1.54) is 0 Å². The Morgan fingerprint density at radius 3 is 2.68 bits per heavy atom. The lowest BCUT2D eigenvalue weighted by Gasteiger charge is -2.11. The van der Waals surface area contributed by atoms with Gasteiger partial charge in [0.1, 0.15) is 10.5 Å². The molecule has 2 aromatic rings. The van der Waals surface area contributed by atoms with Crippen molar-refractivity contribution < 1.29 is 0 Å². The van der Waals surface area contributed by atoms with Crippen LogP contribution in [0.5, 0.6) is 0 Å². The number of nitrogens with zero attached hydrogens (tertiary/aromatic N) is 1. The van der Waals surface area contributed by atoms with Gasteiger partial charge in [0.15, 0.2) is 0 Å². The van der Waals surface area contributed by atoms with E-state index in [1.807, 2.05) is 24.3 Å². The van der Waals surface area contributed by atoms with E-state index in [4.69, 9.17) is 23.8 Å². The van der Waals surface area contributed by atoms with Gasteiger partial charge in [-0.3, -0.25) is 0 Å². The first-order valence-corrected chi connectivity index (χ1v) is 7.59. The topological polar surface area (TPSA) is 28.7 Å². The Balaban J connectivity index is 2.42. The van der Waals surface area contributed by atoms with Crippen molar-refractivity contribution in [2.45, 2.75) is 26.2 Å². The van der Waals surface area contributed by atoms with Gasteiger partial charge in [-0.25, -0.2) is 4.98 Å². The van der Waals surface area contributed by atoms with E-state index in [2.05, 4.69) is 39.7 Å². The number of aromatic nitrogens is 2. The minimum Gasteiger partial charge on any atom is -0.346 e. The number of H-pyrrole nitrogens is 1. The van der Waals surface area contributed by atoms with Gasteiger partial charge < -0.3 is 4.98 Å². The number of aromatic amines is 1. The largest absolute Gasteiger partial charge is 0.346 e. The summed E-state index contributed by atoms with van der Waals surface area (Å²) in [5.74, 6) is 1.19. The number of halogens is 2. The lowest BCUT2D eigenvalue weighted by atomic mass is 10.1. The van der Waals surface area contributed by atoms with Crippen molar-refractivity contribution in [3.63, 3.8) is 0 Å². The molecule has 5 heteroatoms. The maximum absolute atomic E-state index is 6.17. The molecular formula is C14H14BrClN2S. The predicted molar refractivity (Wildman–Crippen MR) is 85.5 cm³/mol. The Morgan fingerprint density at radius 2 is 2.05 bits per heavy atom. The molecule has 1 aromatic carbocycles. The van der Waals surface area contributed by atoms with Crippen LogP contribution in [0.25, 0.3) is 0 Å². The van der Waals surface area contributed by atoms with Crippen LogP contribution in [0, 0.1) is 4.64 Å². The Bertz CT molecular complexity index is 652. The molecule has 0 saturated heterocycles. The summed E-state index contributed by atoms with van der Waals surface area (Å²) >= 11 is 14.9. The van der Waals surface area contributed by atoms with Crippen LogP contribution < -0.4 is 0 Å². The second kappa shape index (κ2) is 6.16. The molecule has 1 N–H and O–H groups in total. The van der Waals surface area contributed by atoms with E-state index in [0.717, 1.165) is 26.6 Å². The molecule has 0 bridgehead atoms. The highest BCUT2D eigenvalue weighted by atomic mass is 79.9. The number of benzene rings is 1. The van der Waals surface area contributed by atoms with Gasteiger partial charge in [-0.2, -0.15) is 0 Å². The molecule has 0 radical (unpaired) electrons. The van der Waals surface area contributed by atoms with Crippen LogP contribution in [0.1, 0.15) is 36.8 Å². The maximum atomic E-state index is 6.17. The second-order valence-electron chi connectivity index (χ2n) is 4.64. The molecule has 0 atom stereocenters. The van der Waals surface area contributed by atoms with E-state index >= 15 is 0 Å². The summed E-state index contributed by atoms with van der Waals surface area (Å²) in [6, 6.07) is 7.77. The first kappa shape index (κ1) is 14.7. The van der Waals surface area contributed by atoms with Gasteiger partial charge in [0, 0.05) is 17.1 Å². The minimum absolute atomic E-state index is 0.351. The normalized spacial score (nSPS) is 11.0. The van der Waals surface area contributed by atoms with Crippen LogP contribution in [0.3, 0.4) is 0 Å². The van der Waals surface area contributed by atoms with E-state index in [-0.39, 0.29) is 0 Å². The molecule has 0 amide bonds. The summed E-state index contributed by atoms with van der Waals surface area (Å²) in [5.41, 5.74) is 2.11. The summed E-state index contributed by atoms with van der Waals surface area (Å²) in [4.78, 5) is 7.75. The fourth-order valence-electron chi connectivity index (χ4n) is 1.83. The predicted octanol–water partition coefficient (Wildman–Crippen LogP) is 5.27. The third kappa shape index (κ3) is 3.44. The molecular weight excluding hydrogens is 344 g/mol. The average molecular weight is 358 g/mol. The molecule has 2 nitrogen and oxygen atoms in total. The van der Waals surface area contributed by atoms with Crippen molar-refractivity contribution in [1.82, 2.24) is 9.97 Å². The maximum Gasteiger partial charge on any atom is 0.144 e. The second-order valence-corrected chi connectivity index (χ2v) is 6.23. The van der Waals surface area contributed by atoms with Crippen LogP contribution in [-0.4, -0.2) is 9.97 Å². The molecule has 1 heterocycles. The monoisotopic (exact) mass is 356 g/mol. The smallest absolute Gasteiger partial charge is 0.144 e. The number of nitrogens with one attached hydrogen (secondary N) is 1. The summed E-state index contributed by atoms with van der Waals surface area (Å²) < 4.78 is 1.46. The zero-order chi connectivity index (χ0) is 14.0. The highest BCUT2D eigenvalue weighted by Crippen LogP contribution is 2.24. The summed E-state index contributed by atoms with van der Waals surface area (Å²) in [6.07, 6.45) is 0.649. The van der Waals surface area contributed by atoms with E-state index in [9.17, 15) is 0 Å². The van der Waals surface area contributed by atoms with Gasteiger partial charge in [-0.15, -0.1) is 0 Å². The molecule has 19 heavy (non-hydrogen) atoms. The molecule has 0 aliphatic carbocycles. The quantitative estimate of drug-likeness (QED) is 0.758. The molecule has 0 saturated carbocycles. The SMILES string of the molecule is CC(C)c1[nH]c(Cc2ccccc2Cl)nc(=S)c1Br. The summed E-state index contributed by atoms with van der Waals surface area (Å²) in [5, 5.41) is 0.748. The minimum atomic E-state index is 0.351. The highest BCUT2D eigenvalue weighted by Gasteiger charge is 2.11. The van der Waals surface area contributed by atoms with Crippen molar-refractivity contribution in [3.05, 3.63) is 55.5 Å². The third-order valence-corrected chi connectivity index (χ3v) is 4.56. The zero-order valence-electron chi connectivity index (χ0n) is 10.7. The van der Waals surface area contributed by atoms with E-state index < -0.39 is 0 Å². The van der Waals surface area contributed by atoms with Crippen LogP contribution in [0.15, 0.2) is 28.7 Å². The van der Waals surface area contributed by atoms with E-state index in [1.54, 1.807) is 0 Å². The van der Waals surface area contributed by atoms with Crippen molar-refractivity contribution in [2.24, 2.45) is 0 Å². The number of rotatable bonds is 3. The van der Waals surface area contributed by atoms with Crippen molar-refractivity contribution in [3.8, 4) is 0 Å². The Morgan fingerprint density at radius 1 is 1.37 bits per heavy atom.